The largest absolute Gasteiger partial charge is 0.368 e. The Morgan fingerprint density at radius 2 is 1.77 bits per heavy atom. The lowest BCUT2D eigenvalue weighted by atomic mass is 10.1. The summed E-state index contributed by atoms with van der Waals surface area (Å²) in [7, 11) is 0. The predicted octanol–water partition coefficient (Wildman–Crippen LogP) is 2.85. The van der Waals surface area contributed by atoms with E-state index < -0.39 is 17.3 Å². The van der Waals surface area contributed by atoms with Gasteiger partial charge in [0.15, 0.2) is 0 Å². The zero-order valence-corrected chi connectivity index (χ0v) is 23.2. The number of benzene rings is 2. The second kappa shape index (κ2) is 13.2. The van der Waals surface area contributed by atoms with E-state index in [9.17, 15) is 18.8 Å². The first-order valence-corrected chi connectivity index (χ1v) is 13.7. The van der Waals surface area contributed by atoms with Gasteiger partial charge in [0.1, 0.15) is 12.4 Å². The lowest BCUT2D eigenvalue weighted by molar-refractivity contribution is -0.122. The molecule has 2 N–H and O–H groups in total. The van der Waals surface area contributed by atoms with Gasteiger partial charge in [-0.3, -0.25) is 19.3 Å². The molecule has 3 aromatic rings. The van der Waals surface area contributed by atoms with Crippen LogP contribution in [-0.4, -0.2) is 72.3 Å². The molecule has 0 aliphatic carbocycles. The minimum Gasteiger partial charge on any atom is -0.368 e. The van der Waals surface area contributed by atoms with Crippen molar-refractivity contribution < 1.29 is 14.0 Å². The van der Waals surface area contributed by atoms with E-state index in [-0.39, 0.29) is 35.3 Å². The molecule has 2 heterocycles. The average molecular weight is 577 g/mol. The van der Waals surface area contributed by atoms with Crippen LogP contribution in [0.3, 0.4) is 0 Å². The summed E-state index contributed by atoms with van der Waals surface area (Å²) in [5.41, 5.74) is 0.458. The maximum atomic E-state index is 14.6. The van der Waals surface area contributed by atoms with E-state index in [2.05, 4.69) is 25.5 Å². The number of rotatable bonds is 10. The van der Waals surface area contributed by atoms with E-state index in [1.54, 1.807) is 19.1 Å². The molecule has 0 saturated carbocycles. The van der Waals surface area contributed by atoms with Gasteiger partial charge < -0.3 is 15.5 Å². The Bertz CT molecular complexity index is 1410. The number of piperazine rings is 1. The Hall–Kier alpha value is -3.21. The number of carbonyl (C=O) groups is 2. The van der Waals surface area contributed by atoms with Crippen LogP contribution >= 0.6 is 23.2 Å². The van der Waals surface area contributed by atoms with Crippen molar-refractivity contribution in [1.29, 1.82) is 0 Å². The Morgan fingerprint density at radius 1 is 1.03 bits per heavy atom. The molecule has 1 aromatic heterocycles. The lowest BCUT2D eigenvalue weighted by Crippen LogP contribution is -2.47. The summed E-state index contributed by atoms with van der Waals surface area (Å²) < 4.78 is 15.5. The van der Waals surface area contributed by atoms with Crippen LogP contribution in [0, 0.1) is 5.82 Å². The molecular weight excluding hydrogens is 546 g/mol. The lowest BCUT2D eigenvalue weighted by Gasteiger charge is -2.36. The van der Waals surface area contributed by atoms with Crippen LogP contribution in [0.25, 0.3) is 10.8 Å². The second-order valence-corrected chi connectivity index (χ2v) is 10.1. The predicted molar refractivity (Wildman–Crippen MR) is 151 cm³/mol. The molecule has 1 saturated heterocycles. The van der Waals surface area contributed by atoms with Crippen molar-refractivity contribution in [2.75, 3.05) is 50.7 Å². The van der Waals surface area contributed by atoms with Crippen molar-refractivity contribution in [2.24, 2.45) is 0 Å². The molecule has 9 nitrogen and oxygen atoms in total. The summed E-state index contributed by atoms with van der Waals surface area (Å²) in [6, 6.07) is 9.81. The molecule has 39 heavy (non-hydrogen) atoms. The monoisotopic (exact) mass is 576 g/mol. The van der Waals surface area contributed by atoms with Gasteiger partial charge in [-0.1, -0.05) is 41.4 Å². The molecule has 0 bridgehead atoms. The van der Waals surface area contributed by atoms with Crippen LogP contribution in [0.4, 0.5) is 10.1 Å². The molecule has 12 heteroatoms. The number of hydrogen-bond acceptors (Lipinski definition) is 6. The van der Waals surface area contributed by atoms with Crippen molar-refractivity contribution in [2.45, 2.75) is 26.3 Å². The fourth-order valence-corrected chi connectivity index (χ4v) is 5.09. The summed E-state index contributed by atoms with van der Waals surface area (Å²) in [5.74, 6) is -1.43. The van der Waals surface area contributed by atoms with E-state index in [1.807, 2.05) is 12.1 Å². The van der Waals surface area contributed by atoms with E-state index in [4.69, 9.17) is 23.2 Å². The number of anilines is 1. The van der Waals surface area contributed by atoms with Crippen molar-refractivity contribution in [3.8, 4) is 0 Å². The molecule has 1 aliphatic heterocycles. The number of nitrogens with one attached hydrogen (secondary N) is 2. The Kier molecular flexibility index (Phi) is 9.77. The number of likely N-dealkylation sites (N-methyl/N-ethyl adjacent to an activating group) is 1. The van der Waals surface area contributed by atoms with Crippen molar-refractivity contribution in [3.63, 3.8) is 0 Å². The zero-order valence-electron chi connectivity index (χ0n) is 21.7. The molecule has 2 amide bonds. The summed E-state index contributed by atoms with van der Waals surface area (Å²) in [5, 5.41) is 10.9. The van der Waals surface area contributed by atoms with Gasteiger partial charge in [0.25, 0.3) is 5.56 Å². The zero-order chi connectivity index (χ0) is 27.9. The van der Waals surface area contributed by atoms with E-state index >= 15 is 0 Å². The minimum atomic E-state index is -0.719. The molecular formula is C27H31Cl2FN6O3. The van der Waals surface area contributed by atoms with Gasteiger partial charge in [-0.15, -0.1) is 0 Å². The third-order valence-electron chi connectivity index (χ3n) is 6.63. The molecule has 2 aromatic carbocycles. The van der Waals surface area contributed by atoms with E-state index in [0.29, 0.717) is 23.1 Å². The van der Waals surface area contributed by atoms with E-state index in [0.717, 1.165) is 49.5 Å². The second-order valence-electron chi connectivity index (χ2n) is 9.31. The number of nitrogens with zero attached hydrogens (tertiary/aromatic N) is 4. The van der Waals surface area contributed by atoms with Crippen molar-refractivity contribution in [3.05, 3.63) is 68.3 Å². The van der Waals surface area contributed by atoms with Crippen molar-refractivity contribution in [1.82, 2.24) is 25.3 Å². The molecule has 4 rings (SSSR count). The van der Waals surface area contributed by atoms with Gasteiger partial charge in [-0.25, -0.2) is 9.07 Å². The Balaban J connectivity index is 1.30. The fraction of sp³-hybridized carbons (Fsp3) is 0.407. The highest BCUT2D eigenvalue weighted by atomic mass is 35.5. The number of halogens is 3. The quantitative estimate of drug-likeness (QED) is 0.360. The summed E-state index contributed by atoms with van der Waals surface area (Å²) in [6.45, 7) is 6.40. The number of amides is 2. The fourth-order valence-electron chi connectivity index (χ4n) is 4.68. The highest BCUT2D eigenvalue weighted by Gasteiger charge is 2.20. The Labute approximate surface area is 235 Å². The number of carbonyl (C=O) groups excluding carboxylic acids is 2. The average Bonchev–Trinajstić information content (AvgIpc) is 2.91. The number of hydrogen-bond donors (Lipinski definition) is 2. The number of fused-ring (bicyclic) bond motifs is 1. The van der Waals surface area contributed by atoms with Gasteiger partial charge in [-0.2, -0.15) is 5.10 Å². The smallest absolute Gasteiger partial charge is 0.278 e. The molecule has 0 radical (unpaired) electrons. The third-order valence-corrected chi connectivity index (χ3v) is 7.44. The van der Waals surface area contributed by atoms with Crippen LogP contribution < -0.4 is 21.1 Å². The topological polar surface area (TPSA) is 99.6 Å². The normalized spacial score (nSPS) is 14.0. The van der Waals surface area contributed by atoms with Gasteiger partial charge in [-0.05, 0) is 38.1 Å². The molecule has 208 valence electrons. The molecule has 0 atom stereocenters. The van der Waals surface area contributed by atoms with Gasteiger partial charge in [0, 0.05) is 44.7 Å². The molecule has 0 spiro atoms. The first-order valence-electron chi connectivity index (χ1n) is 12.9. The van der Waals surface area contributed by atoms with Crippen LogP contribution in [0.1, 0.15) is 19.0 Å². The summed E-state index contributed by atoms with van der Waals surface area (Å²) in [6.07, 6.45) is 0.591. The highest BCUT2D eigenvalue weighted by molar-refractivity contribution is 6.43. The summed E-state index contributed by atoms with van der Waals surface area (Å²) in [4.78, 5) is 42.2. The SMILES string of the molecule is CCNC(=O)Cc1nn(CC(=O)NCCCN2CCN(c3cccc(Cl)c3Cl)CC2)c(=O)c2c(F)cccc12. The summed E-state index contributed by atoms with van der Waals surface area (Å²) >= 11 is 12.5. The number of aromatic nitrogens is 2. The van der Waals surface area contributed by atoms with Crippen molar-refractivity contribution >= 4 is 51.5 Å². The van der Waals surface area contributed by atoms with Gasteiger partial charge >= 0.3 is 0 Å². The standard InChI is InChI=1S/C27H31Cl2FN6O3/c1-2-31-23(37)16-21-18-6-3-8-20(30)25(18)27(39)36(33-21)17-24(38)32-10-5-11-34-12-14-35(15-13-34)22-9-4-7-19(28)26(22)29/h3-4,6-9H,2,5,10-17H2,1H3,(H,31,37)(H,32,38). The highest BCUT2D eigenvalue weighted by Crippen LogP contribution is 2.32. The molecule has 1 fully saturated rings. The van der Waals surface area contributed by atoms with Crippen LogP contribution in [-0.2, 0) is 22.6 Å². The van der Waals surface area contributed by atoms with Gasteiger partial charge in [0.2, 0.25) is 11.8 Å². The maximum absolute atomic E-state index is 14.6. The molecule has 1 aliphatic rings. The van der Waals surface area contributed by atoms with Gasteiger partial charge in [0.05, 0.1) is 33.2 Å². The van der Waals surface area contributed by atoms with Crippen LogP contribution in [0.15, 0.2) is 41.2 Å². The third kappa shape index (κ3) is 7.06. The van der Waals surface area contributed by atoms with E-state index in [1.165, 1.54) is 12.1 Å². The maximum Gasteiger partial charge on any atom is 0.278 e. The van der Waals surface area contributed by atoms with Crippen LogP contribution in [0.2, 0.25) is 10.0 Å². The first kappa shape index (κ1) is 28.8. The first-order chi connectivity index (χ1) is 18.8. The Morgan fingerprint density at radius 3 is 2.51 bits per heavy atom. The molecule has 0 unspecified atom stereocenters. The van der Waals surface area contributed by atoms with Crippen LogP contribution in [0.5, 0.6) is 0 Å². The minimum absolute atomic E-state index is 0.132.